The van der Waals surface area contributed by atoms with E-state index in [1.165, 1.54) is 17.0 Å². The lowest BCUT2D eigenvalue weighted by Gasteiger charge is -2.34. The van der Waals surface area contributed by atoms with Crippen LogP contribution in [0.15, 0.2) is 102 Å². The zero-order valence-electron chi connectivity index (χ0n) is 26.2. The highest BCUT2D eigenvalue weighted by atomic mass is 35.5. The van der Waals surface area contributed by atoms with Crippen LogP contribution < -0.4 is 9.62 Å². The Morgan fingerprint density at radius 3 is 2.16 bits per heavy atom. The number of carbonyl (C=O) groups is 2. The van der Waals surface area contributed by atoms with Crippen molar-refractivity contribution in [1.29, 1.82) is 0 Å². The Labute approximate surface area is 271 Å². The number of amides is 2. The number of hydrogen-bond acceptors (Lipinski definition) is 4. The first kappa shape index (κ1) is 33.7. The van der Waals surface area contributed by atoms with Gasteiger partial charge in [0, 0.05) is 24.5 Å². The molecule has 2 amide bonds. The molecule has 4 aromatic rings. The SMILES string of the molecule is CCCNC(=O)C(Cc1ccccc1)N(Cc1ccccc1C)C(=O)CN(c1ccc(Cl)cc1C)S(=O)(=O)c1ccc(C)cc1. The van der Waals surface area contributed by atoms with Gasteiger partial charge in [-0.25, -0.2) is 8.42 Å². The van der Waals surface area contributed by atoms with Gasteiger partial charge < -0.3 is 10.2 Å². The molecule has 0 aliphatic rings. The molecule has 0 heterocycles. The topological polar surface area (TPSA) is 86.8 Å². The van der Waals surface area contributed by atoms with Crippen LogP contribution in [0.4, 0.5) is 5.69 Å². The molecule has 236 valence electrons. The fraction of sp³-hybridized carbons (Fsp3) is 0.278. The van der Waals surface area contributed by atoms with E-state index in [0.29, 0.717) is 22.8 Å². The van der Waals surface area contributed by atoms with Crippen molar-refractivity contribution in [2.45, 2.75) is 58.0 Å². The largest absolute Gasteiger partial charge is 0.354 e. The molecule has 1 N–H and O–H groups in total. The molecule has 0 spiro atoms. The first-order chi connectivity index (χ1) is 21.5. The van der Waals surface area contributed by atoms with Crippen molar-refractivity contribution in [3.05, 3.63) is 130 Å². The maximum atomic E-state index is 14.6. The first-order valence-corrected chi connectivity index (χ1v) is 16.8. The third-order valence-electron chi connectivity index (χ3n) is 7.74. The lowest BCUT2D eigenvalue weighted by molar-refractivity contribution is -0.140. The van der Waals surface area contributed by atoms with Gasteiger partial charge in [0.1, 0.15) is 12.6 Å². The van der Waals surface area contributed by atoms with Crippen LogP contribution in [0.25, 0.3) is 0 Å². The minimum atomic E-state index is -4.19. The number of hydrogen-bond donors (Lipinski definition) is 1. The van der Waals surface area contributed by atoms with Crippen LogP contribution in [-0.2, 0) is 32.6 Å². The Hall–Kier alpha value is -4.14. The van der Waals surface area contributed by atoms with E-state index < -0.39 is 28.5 Å². The van der Waals surface area contributed by atoms with Crippen LogP contribution >= 0.6 is 11.6 Å². The molecular weight excluding hydrogens is 606 g/mol. The highest BCUT2D eigenvalue weighted by molar-refractivity contribution is 7.92. The minimum Gasteiger partial charge on any atom is -0.354 e. The van der Waals surface area contributed by atoms with E-state index in [9.17, 15) is 18.0 Å². The van der Waals surface area contributed by atoms with Gasteiger partial charge >= 0.3 is 0 Å². The summed E-state index contributed by atoms with van der Waals surface area (Å²) in [6.07, 6.45) is 0.993. The van der Waals surface area contributed by atoms with Gasteiger partial charge in [-0.15, -0.1) is 0 Å². The average Bonchev–Trinajstić information content (AvgIpc) is 3.02. The van der Waals surface area contributed by atoms with E-state index in [1.54, 1.807) is 37.3 Å². The quantitative estimate of drug-likeness (QED) is 0.177. The van der Waals surface area contributed by atoms with Gasteiger partial charge in [0.15, 0.2) is 0 Å². The maximum Gasteiger partial charge on any atom is 0.264 e. The molecule has 0 saturated heterocycles. The van der Waals surface area contributed by atoms with Crippen LogP contribution in [0.5, 0.6) is 0 Å². The fourth-order valence-electron chi connectivity index (χ4n) is 5.14. The number of sulfonamides is 1. The Kier molecular flexibility index (Phi) is 11.4. The van der Waals surface area contributed by atoms with Crippen molar-refractivity contribution in [3.8, 4) is 0 Å². The number of benzene rings is 4. The summed E-state index contributed by atoms with van der Waals surface area (Å²) in [6.45, 7) is 7.61. The summed E-state index contributed by atoms with van der Waals surface area (Å²) < 4.78 is 29.6. The number of halogens is 1. The van der Waals surface area contributed by atoms with Gasteiger partial charge in [0.2, 0.25) is 11.8 Å². The number of carbonyl (C=O) groups excluding carboxylic acids is 2. The van der Waals surface area contributed by atoms with E-state index in [0.717, 1.165) is 33.0 Å². The normalized spacial score (nSPS) is 11.9. The second-order valence-corrected chi connectivity index (χ2v) is 13.5. The lowest BCUT2D eigenvalue weighted by atomic mass is 10.0. The van der Waals surface area contributed by atoms with Crippen molar-refractivity contribution >= 4 is 39.1 Å². The van der Waals surface area contributed by atoms with Gasteiger partial charge in [-0.05, 0) is 79.8 Å². The van der Waals surface area contributed by atoms with Crippen molar-refractivity contribution in [2.24, 2.45) is 0 Å². The van der Waals surface area contributed by atoms with Gasteiger partial charge in [-0.1, -0.05) is 90.8 Å². The monoisotopic (exact) mass is 645 g/mol. The van der Waals surface area contributed by atoms with E-state index in [4.69, 9.17) is 11.6 Å². The molecule has 9 heteroatoms. The molecule has 1 atom stereocenters. The molecule has 7 nitrogen and oxygen atoms in total. The second kappa shape index (κ2) is 15.2. The molecule has 4 rings (SSSR count). The maximum absolute atomic E-state index is 14.6. The Bertz CT molecular complexity index is 1730. The summed E-state index contributed by atoms with van der Waals surface area (Å²) in [6, 6.07) is 27.7. The smallest absolute Gasteiger partial charge is 0.264 e. The average molecular weight is 646 g/mol. The molecule has 0 aliphatic carbocycles. The highest BCUT2D eigenvalue weighted by Gasteiger charge is 2.35. The van der Waals surface area contributed by atoms with Crippen LogP contribution in [0, 0.1) is 20.8 Å². The van der Waals surface area contributed by atoms with Crippen molar-refractivity contribution in [3.63, 3.8) is 0 Å². The summed E-state index contributed by atoms with van der Waals surface area (Å²) in [5.74, 6) is -0.797. The molecule has 0 radical (unpaired) electrons. The predicted molar refractivity (Wildman–Crippen MR) is 181 cm³/mol. The number of nitrogens with zero attached hydrogens (tertiary/aromatic N) is 2. The summed E-state index contributed by atoms with van der Waals surface area (Å²) in [7, 11) is -4.19. The van der Waals surface area contributed by atoms with Crippen LogP contribution in [0.3, 0.4) is 0 Å². The minimum absolute atomic E-state index is 0.0576. The number of aryl methyl sites for hydroxylation is 3. The Morgan fingerprint density at radius 1 is 0.844 bits per heavy atom. The lowest BCUT2D eigenvalue weighted by Crippen LogP contribution is -2.53. The van der Waals surface area contributed by atoms with E-state index in [2.05, 4.69) is 5.32 Å². The van der Waals surface area contributed by atoms with E-state index in [-0.39, 0.29) is 23.8 Å². The molecule has 4 aromatic carbocycles. The summed E-state index contributed by atoms with van der Waals surface area (Å²) >= 11 is 6.24. The zero-order chi connectivity index (χ0) is 32.6. The number of nitrogens with one attached hydrogen (secondary N) is 1. The third kappa shape index (κ3) is 8.53. The van der Waals surface area contributed by atoms with E-state index in [1.807, 2.05) is 75.4 Å². The Balaban J connectivity index is 1.83. The summed E-state index contributed by atoms with van der Waals surface area (Å²) in [5, 5.41) is 3.42. The van der Waals surface area contributed by atoms with Crippen LogP contribution in [0.2, 0.25) is 5.02 Å². The zero-order valence-corrected chi connectivity index (χ0v) is 27.7. The number of rotatable bonds is 13. The van der Waals surface area contributed by atoms with Crippen molar-refractivity contribution < 1.29 is 18.0 Å². The van der Waals surface area contributed by atoms with Gasteiger partial charge in [0.25, 0.3) is 10.0 Å². The molecule has 0 fully saturated rings. The Morgan fingerprint density at radius 2 is 1.51 bits per heavy atom. The fourth-order valence-corrected chi connectivity index (χ4v) is 6.85. The molecule has 0 aromatic heterocycles. The highest BCUT2D eigenvalue weighted by Crippen LogP contribution is 2.30. The molecule has 45 heavy (non-hydrogen) atoms. The van der Waals surface area contributed by atoms with E-state index >= 15 is 0 Å². The molecule has 1 unspecified atom stereocenters. The predicted octanol–water partition coefficient (Wildman–Crippen LogP) is 6.63. The van der Waals surface area contributed by atoms with Gasteiger partial charge in [-0.2, -0.15) is 0 Å². The van der Waals surface area contributed by atoms with Crippen LogP contribution in [0.1, 0.15) is 41.2 Å². The molecule has 0 aliphatic heterocycles. The molecular formula is C36H40ClN3O4S. The third-order valence-corrected chi connectivity index (χ3v) is 9.75. The van der Waals surface area contributed by atoms with Gasteiger partial charge in [0.05, 0.1) is 10.6 Å². The number of anilines is 1. The molecule has 0 saturated carbocycles. The van der Waals surface area contributed by atoms with Gasteiger partial charge in [-0.3, -0.25) is 13.9 Å². The van der Waals surface area contributed by atoms with Crippen LogP contribution in [-0.4, -0.2) is 44.3 Å². The standard InChI is InChI=1S/C36H40ClN3O4S/c1-5-21-38-36(42)34(23-29-12-7-6-8-13-29)39(24-30-14-10-9-11-27(30)3)35(41)25-40(33-20-17-31(37)22-28(33)4)45(43,44)32-18-15-26(2)16-19-32/h6-20,22,34H,5,21,23-25H2,1-4H3,(H,38,42). The summed E-state index contributed by atoms with van der Waals surface area (Å²) in [4.78, 5) is 29.9. The second-order valence-electron chi connectivity index (χ2n) is 11.2. The first-order valence-electron chi connectivity index (χ1n) is 15.0. The van der Waals surface area contributed by atoms with Crippen molar-refractivity contribution in [1.82, 2.24) is 10.2 Å². The summed E-state index contributed by atoms with van der Waals surface area (Å²) in [5.41, 5.74) is 4.54. The molecule has 0 bridgehead atoms. The van der Waals surface area contributed by atoms with Crippen molar-refractivity contribution in [2.75, 3.05) is 17.4 Å².